The van der Waals surface area contributed by atoms with Gasteiger partial charge in [-0.05, 0) is 43.5 Å². The monoisotopic (exact) mass is 221 g/mol. The predicted octanol–water partition coefficient (Wildman–Crippen LogP) is 2.51. The second-order valence-corrected chi connectivity index (χ2v) is 4.69. The van der Waals surface area contributed by atoms with E-state index in [1.807, 2.05) is 19.0 Å². The van der Waals surface area contributed by atoms with E-state index < -0.39 is 5.41 Å². The van der Waals surface area contributed by atoms with E-state index in [4.69, 9.17) is 0 Å². The molecule has 0 aliphatic heterocycles. The number of nitrogens with zero attached hydrogens (tertiary/aromatic N) is 1. The van der Waals surface area contributed by atoms with Gasteiger partial charge >= 0.3 is 0 Å². The molecule has 1 aliphatic carbocycles. The van der Waals surface area contributed by atoms with Gasteiger partial charge in [0.1, 0.15) is 11.6 Å². The molecule has 0 saturated heterocycles. The van der Waals surface area contributed by atoms with Crippen LogP contribution in [0.3, 0.4) is 0 Å². The van der Waals surface area contributed by atoms with Crippen molar-refractivity contribution in [1.82, 2.24) is 0 Å². The molecule has 1 aromatic rings. The number of ketones is 1. The summed E-state index contributed by atoms with van der Waals surface area (Å²) in [6.45, 7) is 1.59. The van der Waals surface area contributed by atoms with Crippen molar-refractivity contribution in [2.75, 3.05) is 19.0 Å². The van der Waals surface area contributed by atoms with Crippen LogP contribution in [0.1, 0.15) is 25.3 Å². The minimum Gasteiger partial charge on any atom is -0.377 e. The second-order valence-electron chi connectivity index (χ2n) is 4.69. The highest BCUT2D eigenvalue weighted by Crippen LogP contribution is 2.51. The van der Waals surface area contributed by atoms with Crippen molar-refractivity contribution in [3.8, 4) is 0 Å². The van der Waals surface area contributed by atoms with Gasteiger partial charge in [0.25, 0.3) is 0 Å². The first kappa shape index (κ1) is 11.1. The molecule has 1 saturated carbocycles. The van der Waals surface area contributed by atoms with Crippen LogP contribution in [0.2, 0.25) is 0 Å². The molecule has 0 unspecified atom stereocenters. The van der Waals surface area contributed by atoms with Crippen LogP contribution in [0.4, 0.5) is 10.1 Å². The highest BCUT2D eigenvalue weighted by Gasteiger charge is 2.50. The summed E-state index contributed by atoms with van der Waals surface area (Å²) in [7, 11) is 3.82. The van der Waals surface area contributed by atoms with Crippen molar-refractivity contribution in [1.29, 1.82) is 0 Å². The second kappa shape index (κ2) is 3.58. The maximum absolute atomic E-state index is 13.3. The SMILES string of the molecule is CC(=O)C1(c2cc(F)ccc2N(C)C)CC1. The fourth-order valence-electron chi connectivity index (χ4n) is 2.22. The van der Waals surface area contributed by atoms with Gasteiger partial charge in [-0.2, -0.15) is 0 Å². The van der Waals surface area contributed by atoms with Crippen molar-refractivity contribution in [3.63, 3.8) is 0 Å². The van der Waals surface area contributed by atoms with Crippen LogP contribution in [0.25, 0.3) is 0 Å². The van der Waals surface area contributed by atoms with Crippen LogP contribution in [-0.4, -0.2) is 19.9 Å². The van der Waals surface area contributed by atoms with E-state index in [9.17, 15) is 9.18 Å². The van der Waals surface area contributed by atoms with Gasteiger partial charge in [0, 0.05) is 19.8 Å². The average molecular weight is 221 g/mol. The van der Waals surface area contributed by atoms with Gasteiger partial charge in [-0.3, -0.25) is 4.79 Å². The van der Waals surface area contributed by atoms with Crippen LogP contribution in [0.15, 0.2) is 18.2 Å². The highest BCUT2D eigenvalue weighted by molar-refractivity contribution is 5.93. The van der Waals surface area contributed by atoms with E-state index in [1.54, 1.807) is 13.0 Å². The summed E-state index contributed by atoms with van der Waals surface area (Å²) in [6.07, 6.45) is 1.68. The molecule has 0 radical (unpaired) electrons. The zero-order valence-electron chi connectivity index (χ0n) is 9.88. The number of hydrogen-bond donors (Lipinski definition) is 0. The summed E-state index contributed by atoms with van der Waals surface area (Å²) >= 11 is 0. The van der Waals surface area contributed by atoms with Gasteiger partial charge < -0.3 is 4.90 Å². The average Bonchev–Trinajstić information content (AvgIpc) is 2.97. The number of benzene rings is 1. The molecule has 0 aromatic heterocycles. The molecule has 86 valence electrons. The van der Waals surface area contributed by atoms with Gasteiger partial charge in [-0.1, -0.05) is 0 Å². The lowest BCUT2D eigenvalue weighted by atomic mass is 9.90. The smallest absolute Gasteiger partial charge is 0.140 e. The summed E-state index contributed by atoms with van der Waals surface area (Å²) in [4.78, 5) is 13.6. The lowest BCUT2D eigenvalue weighted by Gasteiger charge is -2.22. The third kappa shape index (κ3) is 1.60. The number of rotatable bonds is 3. The van der Waals surface area contributed by atoms with Gasteiger partial charge in [0.05, 0.1) is 5.41 Å². The number of carbonyl (C=O) groups is 1. The minimum absolute atomic E-state index is 0.140. The van der Waals surface area contributed by atoms with Crippen molar-refractivity contribution >= 4 is 11.5 Å². The number of carbonyl (C=O) groups excluding carboxylic acids is 1. The zero-order chi connectivity index (χ0) is 11.9. The number of halogens is 1. The van der Waals surface area contributed by atoms with Crippen LogP contribution >= 0.6 is 0 Å². The van der Waals surface area contributed by atoms with E-state index in [2.05, 4.69) is 0 Å². The summed E-state index contributed by atoms with van der Waals surface area (Å²) < 4.78 is 13.3. The Morgan fingerprint density at radius 3 is 2.44 bits per heavy atom. The Hall–Kier alpha value is -1.38. The van der Waals surface area contributed by atoms with E-state index in [0.29, 0.717) is 0 Å². The fourth-order valence-corrected chi connectivity index (χ4v) is 2.22. The number of hydrogen-bond acceptors (Lipinski definition) is 2. The fraction of sp³-hybridized carbons (Fsp3) is 0.462. The van der Waals surface area contributed by atoms with Crippen molar-refractivity contribution in [3.05, 3.63) is 29.6 Å². The molecule has 0 heterocycles. The Bertz CT molecular complexity index is 436. The third-order valence-electron chi connectivity index (χ3n) is 3.38. The molecule has 1 aliphatic rings. The Labute approximate surface area is 95.1 Å². The molecule has 0 spiro atoms. The molecule has 0 atom stereocenters. The molecule has 2 nitrogen and oxygen atoms in total. The molecule has 1 aromatic carbocycles. The van der Waals surface area contributed by atoms with Crippen molar-refractivity contribution in [2.45, 2.75) is 25.2 Å². The first-order chi connectivity index (χ1) is 7.47. The van der Waals surface area contributed by atoms with Gasteiger partial charge in [-0.15, -0.1) is 0 Å². The zero-order valence-corrected chi connectivity index (χ0v) is 9.88. The van der Waals surface area contributed by atoms with E-state index >= 15 is 0 Å². The van der Waals surface area contributed by atoms with Crippen molar-refractivity contribution < 1.29 is 9.18 Å². The Balaban J connectivity index is 2.54. The minimum atomic E-state index is -0.415. The van der Waals surface area contributed by atoms with Crippen LogP contribution < -0.4 is 4.90 Å². The molecule has 1 fully saturated rings. The number of Topliss-reactive ketones (excluding diaryl/α,β-unsaturated/α-hetero) is 1. The first-order valence-corrected chi connectivity index (χ1v) is 5.46. The van der Waals surface area contributed by atoms with E-state index in [0.717, 1.165) is 24.1 Å². The van der Waals surface area contributed by atoms with E-state index in [1.165, 1.54) is 12.1 Å². The molecule has 0 N–H and O–H groups in total. The Morgan fingerprint density at radius 1 is 1.38 bits per heavy atom. The molecule has 0 bridgehead atoms. The molecule has 3 heteroatoms. The molecule has 16 heavy (non-hydrogen) atoms. The third-order valence-corrected chi connectivity index (χ3v) is 3.38. The molecule has 2 rings (SSSR count). The molecular weight excluding hydrogens is 205 g/mol. The normalized spacial score (nSPS) is 17.0. The number of anilines is 1. The van der Waals surface area contributed by atoms with Crippen LogP contribution in [-0.2, 0) is 10.2 Å². The predicted molar refractivity (Wildman–Crippen MR) is 62.3 cm³/mol. The summed E-state index contributed by atoms with van der Waals surface area (Å²) in [5.74, 6) is -0.130. The maximum atomic E-state index is 13.3. The maximum Gasteiger partial charge on any atom is 0.140 e. The topological polar surface area (TPSA) is 20.3 Å². The summed E-state index contributed by atoms with van der Waals surface area (Å²) in [5.41, 5.74) is 1.36. The highest BCUT2D eigenvalue weighted by atomic mass is 19.1. The molecular formula is C13H16FNO. The Kier molecular flexibility index (Phi) is 2.49. The van der Waals surface area contributed by atoms with Gasteiger partial charge in [0.15, 0.2) is 0 Å². The quantitative estimate of drug-likeness (QED) is 0.781. The van der Waals surface area contributed by atoms with Crippen LogP contribution in [0, 0.1) is 5.82 Å². The lowest BCUT2D eigenvalue weighted by Crippen LogP contribution is -2.22. The first-order valence-electron chi connectivity index (χ1n) is 5.46. The lowest BCUT2D eigenvalue weighted by molar-refractivity contribution is -0.119. The summed E-state index contributed by atoms with van der Waals surface area (Å²) in [5, 5.41) is 0. The standard InChI is InChI=1S/C13H16FNO/c1-9(16)13(6-7-13)11-8-10(14)4-5-12(11)15(2)3/h4-5,8H,6-7H2,1-3H3. The van der Waals surface area contributed by atoms with Crippen LogP contribution in [0.5, 0.6) is 0 Å². The Morgan fingerprint density at radius 2 is 2.00 bits per heavy atom. The summed E-state index contributed by atoms with van der Waals surface area (Å²) in [6, 6.07) is 4.69. The van der Waals surface area contributed by atoms with Crippen molar-refractivity contribution in [2.24, 2.45) is 0 Å². The van der Waals surface area contributed by atoms with Gasteiger partial charge in [0.2, 0.25) is 0 Å². The largest absolute Gasteiger partial charge is 0.377 e. The van der Waals surface area contributed by atoms with E-state index in [-0.39, 0.29) is 11.6 Å². The van der Waals surface area contributed by atoms with Gasteiger partial charge in [-0.25, -0.2) is 4.39 Å². The molecule has 0 amide bonds.